The summed E-state index contributed by atoms with van der Waals surface area (Å²) in [7, 11) is 0. The second-order valence-electron chi connectivity index (χ2n) is 10.4. The van der Waals surface area contributed by atoms with Crippen LogP contribution >= 0.6 is 0 Å². The first-order valence-electron chi connectivity index (χ1n) is 13.3. The van der Waals surface area contributed by atoms with Gasteiger partial charge < -0.3 is 26.0 Å². The Morgan fingerprint density at radius 1 is 1.02 bits per heavy atom. The molecule has 2 amide bonds. The normalized spacial score (nSPS) is 11.5. The summed E-state index contributed by atoms with van der Waals surface area (Å²) in [4.78, 5) is 46.7. The maximum Gasteiger partial charge on any atom is 0.307 e. The van der Waals surface area contributed by atoms with Gasteiger partial charge in [0.2, 0.25) is 11.9 Å². The Bertz CT molecular complexity index is 1430. The van der Waals surface area contributed by atoms with Crippen LogP contribution in [-0.2, 0) is 14.3 Å². The van der Waals surface area contributed by atoms with Gasteiger partial charge in [0.25, 0.3) is 5.91 Å². The summed E-state index contributed by atoms with van der Waals surface area (Å²) >= 11 is 0. The van der Waals surface area contributed by atoms with Crippen LogP contribution in [0.2, 0.25) is 0 Å². The van der Waals surface area contributed by atoms with E-state index in [1.807, 2.05) is 6.92 Å². The zero-order chi connectivity index (χ0) is 30.0. The van der Waals surface area contributed by atoms with E-state index in [0.717, 1.165) is 6.42 Å². The van der Waals surface area contributed by atoms with Gasteiger partial charge >= 0.3 is 5.97 Å². The molecule has 0 radical (unpaired) electrons. The van der Waals surface area contributed by atoms with Crippen molar-refractivity contribution in [3.05, 3.63) is 65.9 Å². The van der Waals surface area contributed by atoms with E-state index in [1.54, 1.807) is 76.2 Å². The molecule has 1 atom stereocenters. The highest BCUT2D eigenvalue weighted by Crippen LogP contribution is 2.22. The highest BCUT2D eigenvalue weighted by atomic mass is 16.6. The van der Waals surface area contributed by atoms with E-state index >= 15 is 0 Å². The molecule has 0 fully saturated rings. The van der Waals surface area contributed by atoms with Crippen LogP contribution in [0.5, 0.6) is 0 Å². The molecule has 4 N–H and O–H groups in total. The quantitative estimate of drug-likeness (QED) is 0.224. The molecule has 11 heteroatoms. The van der Waals surface area contributed by atoms with Gasteiger partial charge in [-0.05, 0) is 69.7 Å². The molecular weight excluding hydrogens is 522 g/mol. The van der Waals surface area contributed by atoms with Crippen LogP contribution in [0.1, 0.15) is 63.4 Å². The number of aromatic nitrogens is 2. The number of hydrogen-bond donors (Lipinski definition) is 4. The van der Waals surface area contributed by atoms with Crippen molar-refractivity contribution in [3.8, 4) is 6.07 Å². The average Bonchev–Trinajstić information content (AvgIpc) is 2.91. The van der Waals surface area contributed by atoms with Gasteiger partial charge in [-0.1, -0.05) is 19.9 Å². The minimum atomic E-state index is -0.626. The predicted octanol–water partition coefficient (Wildman–Crippen LogP) is 5.47. The number of nitrogens with zero attached hydrogens (tertiary/aromatic N) is 3. The summed E-state index contributed by atoms with van der Waals surface area (Å²) in [5.41, 5.74) is 1.76. The van der Waals surface area contributed by atoms with Crippen molar-refractivity contribution in [2.45, 2.75) is 53.1 Å². The third-order valence-electron chi connectivity index (χ3n) is 5.57. The maximum absolute atomic E-state index is 13.2. The van der Waals surface area contributed by atoms with Gasteiger partial charge in [-0.15, -0.1) is 0 Å². The molecule has 0 unspecified atom stereocenters. The third kappa shape index (κ3) is 9.61. The number of amides is 2. The summed E-state index contributed by atoms with van der Waals surface area (Å²) in [6.45, 7) is 9.55. The zero-order valence-corrected chi connectivity index (χ0v) is 23.9. The van der Waals surface area contributed by atoms with Gasteiger partial charge in [0.15, 0.2) is 0 Å². The lowest BCUT2D eigenvalue weighted by Gasteiger charge is -2.20. The molecule has 0 spiro atoms. The number of nitriles is 1. The third-order valence-corrected chi connectivity index (χ3v) is 5.57. The van der Waals surface area contributed by atoms with Crippen molar-refractivity contribution in [1.29, 1.82) is 5.26 Å². The molecule has 0 aliphatic heterocycles. The summed E-state index contributed by atoms with van der Waals surface area (Å²) < 4.78 is 5.30. The van der Waals surface area contributed by atoms with E-state index in [9.17, 15) is 14.4 Å². The molecule has 3 aromatic rings. The minimum Gasteiger partial charge on any atom is -0.460 e. The molecule has 1 heterocycles. The number of carbonyl (C=O) groups is 3. The van der Waals surface area contributed by atoms with Crippen molar-refractivity contribution in [2.24, 2.45) is 5.92 Å². The Labute approximate surface area is 239 Å². The van der Waals surface area contributed by atoms with E-state index in [0.29, 0.717) is 35.0 Å². The van der Waals surface area contributed by atoms with E-state index in [2.05, 4.69) is 37.3 Å². The molecule has 0 bridgehead atoms. The standard InChI is InChI=1S/C30H35N7O4/c1-6-14-32-26-24(18-33-29(37-26)36-21-12-10-20(17-31)11-13-21)28(40)35-23-9-7-8-22(16-23)34-27(39)19(2)15-25(38)41-30(3,4)5/h7-13,16,18-19H,6,14-15H2,1-5H3,(H,34,39)(H,35,40)(H2,32,33,36,37)/t19-/m1/s1. The predicted molar refractivity (Wildman–Crippen MR) is 158 cm³/mol. The number of hydrogen-bond acceptors (Lipinski definition) is 9. The molecule has 0 aliphatic carbocycles. The number of nitrogens with one attached hydrogen (secondary N) is 4. The van der Waals surface area contributed by atoms with E-state index in [4.69, 9.17) is 10.00 Å². The lowest BCUT2D eigenvalue weighted by atomic mass is 10.1. The smallest absolute Gasteiger partial charge is 0.307 e. The van der Waals surface area contributed by atoms with E-state index in [-0.39, 0.29) is 23.8 Å². The van der Waals surface area contributed by atoms with Gasteiger partial charge in [-0.2, -0.15) is 10.2 Å². The number of benzene rings is 2. The molecule has 214 valence electrons. The van der Waals surface area contributed by atoms with Crippen molar-refractivity contribution in [1.82, 2.24) is 9.97 Å². The Morgan fingerprint density at radius 3 is 2.34 bits per heavy atom. The molecule has 0 aliphatic rings. The molecule has 0 saturated carbocycles. The fourth-order valence-corrected chi connectivity index (χ4v) is 3.61. The molecule has 3 rings (SSSR count). The number of esters is 1. The van der Waals surface area contributed by atoms with Gasteiger partial charge in [0, 0.05) is 35.7 Å². The largest absolute Gasteiger partial charge is 0.460 e. The summed E-state index contributed by atoms with van der Waals surface area (Å²) in [6, 6.07) is 15.6. The van der Waals surface area contributed by atoms with Gasteiger partial charge in [0.05, 0.1) is 18.1 Å². The van der Waals surface area contributed by atoms with Crippen LogP contribution in [0.3, 0.4) is 0 Å². The van der Waals surface area contributed by atoms with Gasteiger partial charge in [-0.25, -0.2) is 4.98 Å². The summed E-state index contributed by atoms with van der Waals surface area (Å²) in [5.74, 6) is -1.19. The first kappa shape index (κ1) is 30.6. The van der Waals surface area contributed by atoms with Crippen molar-refractivity contribution >= 4 is 46.6 Å². The summed E-state index contributed by atoms with van der Waals surface area (Å²) in [5, 5.41) is 20.8. The fraction of sp³-hybridized carbons (Fsp3) is 0.333. The topological polar surface area (TPSA) is 158 Å². The first-order chi connectivity index (χ1) is 19.5. The molecular formula is C30H35N7O4. The Kier molecular flexibility index (Phi) is 10.4. The lowest BCUT2D eigenvalue weighted by Crippen LogP contribution is -2.28. The van der Waals surface area contributed by atoms with Crippen molar-refractivity contribution in [2.75, 3.05) is 27.8 Å². The van der Waals surface area contributed by atoms with Gasteiger partial charge in [-0.3, -0.25) is 14.4 Å². The maximum atomic E-state index is 13.2. The van der Waals surface area contributed by atoms with Crippen LogP contribution in [0.25, 0.3) is 0 Å². The van der Waals surface area contributed by atoms with E-state index in [1.165, 1.54) is 6.20 Å². The van der Waals surface area contributed by atoms with Crippen LogP contribution in [0, 0.1) is 17.2 Å². The Hall–Kier alpha value is -4.98. The zero-order valence-electron chi connectivity index (χ0n) is 23.9. The highest BCUT2D eigenvalue weighted by molar-refractivity contribution is 6.07. The molecule has 1 aromatic heterocycles. The molecule has 11 nitrogen and oxygen atoms in total. The number of carbonyl (C=O) groups excluding carboxylic acids is 3. The Morgan fingerprint density at radius 2 is 1.71 bits per heavy atom. The number of rotatable bonds is 11. The Balaban J connectivity index is 1.69. The monoisotopic (exact) mass is 557 g/mol. The minimum absolute atomic E-state index is 0.0525. The number of ether oxygens (including phenoxy) is 1. The van der Waals surface area contributed by atoms with Crippen molar-refractivity contribution < 1.29 is 19.1 Å². The SMILES string of the molecule is CCCNc1nc(Nc2ccc(C#N)cc2)ncc1C(=O)Nc1cccc(NC(=O)[C@H](C)CC(=O)OC(C)(C)C)c1. The van der Waals surface area contributed by atoms with Crippen LogP contribution in [0.4, 0.5) is 28.8 Å². The lowest BCUT2D eigenvalue weighted by molar-refractivity contribution is -0.156. The second-order valence-corrected chi connectivity index (χ2v) is 10.4. The van der Waals surface area contributed by atoms with Crippen LogP contribution < -0.4 is 21.3 Å². The second kappa shape index (κ2) is 13.9. The van der Waals surface area contributed by atoms with Crippen molar-refractivity contribution in [3.63, 3.8) is 0 Å². The molecule has 0 saturated heterocycles. The molecule has 41 heavy (non-hydrogen) atoms. The van der Waals surface area contributed by atoms with Crippen LogP contribution in [-0.4, -0.2) is 39.9 Å². The molecule has 2 aromatic carbocycles. The average molecular weight is 558 g/mol. The van der Waals surface area contributed by atoms with Gasteiger partial charge in [0.1, 0.15) is 17.0 Å². The summed E-state index contributed by atoms with van der Waals surface area (Å²) in [6.07, 6.45) is 2.19. The highest BCUT2D eigenvalue weighted by Gasteiger charge is 2.22. The first-order valence-corrected chi connectivity index (χ1v) is 13.3. The van der Waals surface area contributed by atoms with Crippen LogP contribution in [0.15, 0.2) is 54.7 Å². The number of anilines is 5. The van der Waals surface area contributed by atoms with E-state index < -0.39 is 23.4 Å². The fourth-order valence-electron chi connectivity index (χ4n) is 3.61.